The van der Waals surface area contributed by atoms with E-state index in [4.69, 9.17) is 0 Å². The number of pyridine rings is 3. The number of rotatable bonds is 6. The number of anilines is 2. The van der Waals surface area contributed by atoms with Gasteiger partial charge in [-0.1, -0.05) is 18.2 Å². The highest BCUT2D eigenvalue weighted by Gasteiger charge is 2.18. The molecule has 5 heterocycles. The zero-order valence-corrected chi connectivity index (χ0v) is 16.0. The van der Waals surface area contributed by atoms with E-state index >= 15 is 0 Å². The lowest BCUT2D eigenvalue weighted by atomic mass is 9.88. The van der Waals surface area contributed by atoms with Gasteiger partial charge in [-0.15, -0.1) is 0 Å². The summed E-state index contributed by atoms with van der Waals surface area (Å²) in [4.78, 5) is 21.8. The minimum absolute atomic E-state index is 0.0940. The molecule has 8 nitrogen and oxygen atoms in total. The minimum atomic E-state index is 0.0940. The van der Waals surface area contributed by atoms with E-state index in [0.717, 1.165) is 34.3 Å². The second kappa shape index (κ2) is 8.04. The average molecular weight is 394 g/mol. The van der Waals surface area contributed by atoms with Gasteiger partial charge in [0.1, 0.15) is 18.0 Å². The van der Waals surface area contributed by atoms with Gasteiger partial charge in [0, 0.05) is 36.9 Å². The highest BCUT2D eigenvalue weighted by Crippen LogP contribution is 2.31. The topological polar surface area (TPSA) is 105 Å². The van der Waals surface area contributed by atoms with Crippen LogP contribution in [-0.2, 0) is 6.42 Å². The molecule has 0 aliphatic rings. The lowest BCUT2D eigenvalue weighted by Gasteiger charge is -2.19. The fourth-order valence-electron chi connectivity index (χ4n) is 3.50. The van der Waals surface area contributed by atoms with Gasteiger partial charge in [-0.05, 0) is 41.3 Å². The Balaban J connectivity index is 1.52. The molecule has 0 bridgehead atoms. The van der Waals surface area contributed by atoms with Gasteiger partial charge in [0.05, 0.1) is 11.6 Å². The van der Waals surface area contributed by atoms with Crippen molar-refractivity contribution in [3.63, 3.8) is 0 Å². The fraction of sp³-hybridized carbons (Fsp3) is 0.0909. The van der Waals surface area contributed by atoms with Crippen molar-refractivity contribution in [1.82, 2.24) is 35.1 Å². The monoisotopic (exact) mass is 394 g/mol. The highest BCUT2D eigenvalue weighted by atomic mass is 15.2. The first-order valence-electron chi connectivity index (χ1n) is 9.53. The van der Waals surface area contributed by atoms with Crippen molar-refractivity contribution >= 4 is 22.7 Å². The highest BCUT2D eigenvalue weighted by molar-refractivity contribution is 5.87. The Morgan fingerprint density at radius 2 is 1.57 bits per heavy atom. The molecular formula is C22H18N8. The van der Waals surface area contributed by atoms with Crippen molar-refractivity contribution in [3.8, 4) is 0 Å². The Hall–Kier alpha value is -4.20. The molecule has 146 valence electrons. The third kappa shape index (κ3) is 3.58. The molecule has 0 fully saturated rings. The number of hydrogen-bond acceptors (Lipinski definition) is 7. The van der Waals surface area contributed by atoms with E-state index in [9.17, 15) is 0 Å². The zero-order valence-electron chi connectivity index (χ0n) is 16.0. The van der Waals surface area contributed by atoms with Gasteiger partial charge >= 0.3 is 0 Å². The summed E-state index contributed by atoms with van der Waals surface area (Å²) in [6.45, 7) is 0. The number of hydrogen-bond donors (Lipinski definition) is 2. The van der Waals surface area contributed by atoms with Crippen LogP contribution in [0.15, 0.2) is 79.9 Å². The van der Waals surface area contributed by atoms with Crippen molar-refractivity contribution in [2.24, 2.45) is 0 Å². The molecule has 0 unspecified atom stereocenters. The molecule has 30 heavy (non-hydrogen) atoms. The Kier molecular flexibility index (Phi) is 4.79. The molecule has 0 atom stereocenters. The molecule has 0 aliphatic carbocycles. The Morgan fingerprint density at radius 1 is 0.800 bits per heavy atom. The number of aromatic nitrogens is 7. The molecule has 0 aliphatic heterocycles. The maximum absolute atomic E-state index is 4.57. The second-order valence-electron chi connectivity index (χ2n) is 6.82. The van der Waals surface area contributed by atoms with E-state index in [-0.39, 0.29) is 5.92 Å². The van der Waals surface area contributed by atoms with Gasteiger partial charge in [-0.3, -0.25) is 15.1 Å². The maximum Gasteiger partial charge on any atom is 0.160 e. The zero-order chi connectivity index (χ0) is 20.2. The molecule has 0 spiro atoms. The molecular weight excluding hydrogens is 376 g/mol. The van der Waals surface area contributed by atoms with E-state index < -0.39 is 0 Å². The first-order valence-corrected chi connectivity index (χ1v) is 9.53. The van der Waals surface area contributed by atoms with Crippen LogP contribution >= 0.6 is 0 Å². The maximum atomic E-state index is 4.57. The van der Waals surface area contributed by atoms with Crippen LogP contribution in [0, 0.1) is 0 Å². The summed E-state index contributed by atoms with van der Waals surface area (Å²) in [5.41, 5.74) is 3.98. The fourth-order valence-corrected chi connectivity index (χ4v) is 3.50. The molecule has 2 N–H and O–H groups in total. The van der Waals surface area contributed by atoms with Gasteiger partial charge in [0.15, 0.2) is 5.65 Å². The molecule has 8 heteroatoms. The van der Waals surface area contributed by atoms with E-state index in [1.54, 1.807) is 24.8 Å². The van der Waals surface area contributed by atoms with E-state index in [0.29, 0.717) is 11.5 Å². The number of H-pyrrole nitrogens is 1. The summed E-state index contributed by atoms with van der Waals surface area (Å²) in [6, 6.07) is 12.1. The van der Waals surface area contributed by atoms with Gasteiger partial charge in [0.2, 0.25) is 0 Å². The molecule has 0 saturated carbocycles. The van der Waals surface area contributed by atoms with Crippen LogP contribution in [0.2, 0.25) is 0 Å². The van der Waals surface area contributed by atoms with Gasteiger partial charge in [-0.2, -0.15) is 5.10 Å². The lowest BCUT2D eigenvalue weighted by Crippen LogP contribution is -2.09. The summed E-state index contributed by atoms with van der Waals surface area (Å²) in [5, 5.41) is 11.1. The van der Waals surface area contributed by atoms with Crippen molar-refractivity contribution in [2.75, 3.05) is 5.32 Å². The summed E-state index contributed by atoms with van der Waals surface area (Å²) in [6.07, 6.45) is 13.1. The molecule has 5 rings (SSSR count). The van der Waals surface area contributed by atoms with Crippen LogP contribution in [0.25, 0.3) is 11.0 Å². The summed E-state index contributed by atoms with van der Waals surface area (Å²) in [5.74, 6) is 1.50. The summed E-state index contributed by atoms with van der Waals surface area (Å²) >= 11 is 0. The van der Waals surface area contributed by atoms with Crippen LogP contribution in [-0.4, -0.2) is 35.1 Å². The van der Waals surface area contributed by atoms with Gasteiger partial charge < -0.3 is 5.32 Å². The molecule has 0 radical (unpaired) electrons. The molecule has 0 saturated heterocycles. The lowest BCUT2D eigenvalue weighted by molar-refractivity contribution is 0.792. The molecule has 5 aromatic heterocycles. The quantitative estimate of drug-likeness (QED) is 0.453. The number of fused-ring (bicyclic) bond motifs is 1. The Morgan fingerprint density at radius 3 is 2.30 bits per heavy atom. The van der Waals surface area contributed by atoms with E-state index in [1.165, 1.54) is 6.33 Å². The van der Waals surface area contributed by atoms with Gasteiger partial charge in [-0.25, -0.2) is 15.0 Å². The van der Waals surface area contributed by atoms with Gasteiger partial charge in [0.25, 0.3) is 0 Å². The van der Waals surface area contributed by atoms with E-state index in [1.807, 2.05) is 30.6 Å². The van der Waals surface area contributed by atoms with Crippen molar-refractivity contribution in [3.05, 3.63) is 96.6 Å². The first-order chi connectivity index (χ1) is 14.9. The normalized spacial score (nSPS) is 11.1. The predicted molar refractivity (Wildman–Crippen MR) is 113 cm³/mol. The third-order valence-corrected chi connectivity index (χ3v) is 4.97. The smallest absolute Gasteiger partial charge is 0.160 e. The first kappa shape index (κ1) is 17.9. The minimum Gasteiger partial charge on any atom is -0.324 e. The largest absolute Gasteiger partial charge is 0.324 e. The second-order valence-corrected chi connectivity index (χ2v) is 6.82. The SMILES string of the molecule is c1cncc(C(Cc2cccnc2Nc2ncnc3[nH]ncc23)c2cccnc2)c1. The Bertz CT molecular complexity index is 1210. The number of aromatic amines is 1. The predicted octanol–water partition coefficient (Wildman–Crippen LogP) is 3.66. The van der Waals surface area contributed by atoms with Crippen molar-refractivity contribution < 1.29 is 0 Å². The number of nitrogens with zero attached hydrogens (tertiary/aromatic N) is 6. The molecule has 0 amide bonds. The van der Waals surface area contributed by atoms with Crippen LogP contribution in [0.4, 0.5) is 11.6 Å². The molecule has 5 aromatic rings. The van der Waals surface area contributed by atoms with E-state index in [2.05, 4.69) is 58.6 Å². The van der Waals surface area contributed by atoms with Crippen LogP contribution in [0.5, 0.6) is 0 Å². The third-order valence-electron chi connectivity index (χ3n) is 4.97. The molecule has 0 aromatic carbocycles. The van der Waals surface area contributed by atoms with Crippen LogP contribution in [0.1, 0.15) is 22.6 Å². The standard InChI is InChI=1S/C22H18N8/c1-5-16(11-23-7-1)18(17-6-2-8-24-12-17)10-15-4-3-9-25-20(15)29-21-19-13-28-30-22(19)27-14-26-21/h1-9,11-14,18H,10H2,(H2,25,26,27,28,29,30). The van der Waals surface area contributed by atoms with Crippen molar-refractivity contribution in [2.45, 2.75) is 12.3 Å². The summed E-state index contributed by atoms with van der Waals surface area (Å²) < 4.78 is 0. The Labute approximate surface area is 172 Å². The van der Waals surface area contributed by atoms with Crippen LogP contribution in [0.3, 0.4) is 0 Å². The van der Waals surface area contributed by atoms with Crippen LogP contribution < -0.4 is 5.32 Å². The van der Waals surface area contributed by atoms with Crippen molar-refractivity contribution in [1.29, 1.82) is 0 Å². The summed E-state index contributed by atoms with van der Waals surface area (Å²) in [7, 11) is 0. The average Bonchev–Trinajstić information content (AvgIpc) is 3.30. The number of nitrogens with one attached hydrogen (secondary N) is 2.